The fraction of sp³-hybridized carbons (Fsp3) is 0.500. The van der Waals surface area contributed by atoms with E-state index in [9.17, 15) is 4.57 Å². The Labute approximate surface area is 97.8 Å². The molecular weight excluding hydrogens is 223 g/mol. The zero-order valence-corrected chi connectivity index (χ0v) is 10.7. The van der Waals surface area contributed by atoms with Crippen LogP contribution in [0.1, 0.15) is 20.8 Å². The van der Waals surface area contributed by atoms with Gasteiger partial charge < -0.3 is 0 Å². The molecule has 0 rings (SSSR count). The molecule has 0 aromatic heterocycles. The first-order valence-corrected chi connectivity index (χ1v) is 6.52. The Morgan fingerprint density at radius 3 is 1.81 bits per heavy atom. The van der Waals surface area contributed by atoms with Crippen molar-refractivity contribution in [2.24, 2.45) is 0 Å². The minimum Gasteiger partial charge on any atom is -0.292 e. The summed E-state index contributed by atoms with van der Waals surface area (Å²) < 4.78 is 22.9. The van der Waals surface area contributed by atoms with E-state index < -0.39 is 25.5 Å². The van der Waals surface area contributed by atoms with Gasteiger partial charge >= 0.3 is 7.60 Å². The van der Waals surface area contributed by atoms with Gasteiger partial charge in [-0.1, -0.05) is 17.9 Å². The van der Waals surface area contributed by atoms with E-state index in [0.717, 1.165) is 0 Å². The van der Waals surface area contributed by atoms with Crippen LogP contribution in [0.25, 0.3) is 0 Å². The molecule has 0 saturated carbocycles. The van der Waals surface area contributed by atoms with Crippen molar-refractivity contribution in [1.29, 1.82) is 0 Å². The summed E-state index contributed by atoms with van der Waals surface area (Å²) in [5.74, 6) is 4.66. The van der Waals surface area contributed by atoms with E-state index in [0.29, 0.717) is 0 Å². The third-order valence-electron chi connectivity index (χ3n) is 1.92. The predicted molar refractivity (Wildman–Crippen MR) is 66.0 cm³/mol. The molecule has 0 radical (unpaired) electrons. The van der Waals surface area contributed by atoms with E-state index in [1.165, 1.54) is 6.08 Å². The van der Waals surface area contributed by atoms with E-state index in [-0.39, 0.29) is 0 Å². The molecule has 0 saturated heterocycles. The van der Waals surface area contributed by atoms with Gasteiger partial charge in [0.15, 0.2) is 0 Å². The Bertz CT molecular complexity index is 335. The van der Waals surface area contributed by atoms with Gasteiger partial charge in [0.05, 0.1) is 5.66 Å². The molecule has 0 aromatic rings. The summed E-state index contributed by atoms with van der Waals surface area (Å²) in [5.41, 5.74) is -0.459. The van der Waals surface area contributed by atoms with Crippen molar-refractivity contribution in [1.82, 2.24) is 0 Å². The lowest BCUT2D eigenvalue weighted by atomic mass is 10.4. The largest absolute Gasteiger partial charge is 0.339 e. The van der Waals surface area contributed by atoms with E-state index in [1.54, 1.807) is 20.8 Å². The van der Waals surface area contributed by atoms with Crippen LogP contribution in [-0.2, 0) is 13.6 Å². The standard InChI is InChI=1S/C12H17O3P/c1-7-10(4)14-16(13,12(6)9-3)15-11(5)8-2/h1-2,9-12H,3H2,4-6H3. The highest BCUT2D eigenvalue weighted by atomic mass is 31.2. The lowest BCUT2D eigenvalue weighted by molar-refractivity contribution is 0.168. The van der Waals surface area contributed by atoms with E-state index in [4.69, 9.17) is 21.9 Å². The van der Waals surface area contributed by atoms with E-state index in [1.807, 2.05) is 0 Å². The molecule has 3 unspecified atom stereocenters. The fourth-order valence-corrected chi connectivity index (χ4v) is 2.54. The molecular formula is C12H17O3P. The summed E-state index contributed by atoms with van der Waals surface area (Å²) >= 11 is 0. The molecule has 88 valence electrons. The summed E-state index contributed by atoms with van der Waals surface area (Å²) in [6, 6.07) is 0. The molecule has 0 spiro atoms. The van der Waals surface area contributed by atoms with Gasteiger partial charge in [-0.25, -0.2) is 0 Å². The van der Waals surface area contributed by atoms with Crippen molar-refractivity contribution >= 4 is 7.60 Å². The van der Waals surface area contributed by atoms with Crippen molar-refractivity contribution in [2.75, 3.05) is 0 Å². The molecule has 0 amide bonds. The minimum absolute atomic E-state index is 0.459. The van der Waals surface area contributed by atoms with Gasteiger partial charge in [0.1, 0.15) is 12.2 Å². The molecule has 0 fully saturated rings. The molecule has 0 heterocycles. The van der Waals surface area contributed by atoms with Gasteiger partial charge in [0, 0.05) is 0 Å². The second kappa shape index (κ2) is 6.56. The third-order valence-corrected chi connectivity index (χ3v) is 4.35. The van der Waals surface area contributed by atoms with Gasteiger partial charge in [0.25, 0.3) is 0 Å². The lowest BCUT2D eigenvalue weighted by Crippen LogP contribution is -2.15. The quantitative estimate of drug-likeness (QED) is 0.407. The average molecular weight is 240 g/mol. The fourth-order valence-electron chi connectivity index (χ4n) is 0.848. The molecule has 0 aliphatic carbocycles. The van der Waals surface area contributed by atoms with Crippen LogP contribution < -0.4 is 0 Å². The number of terminal acetylenes is 2. The van der Waals surface area contributed by atoms with Gasteiger partial charge in [0.2, 0.25) is 0 Å². The highest BCUT2D eigenvalue weighted by Crippen LogP contribution is 2.55. The maximum absolute atomic E-state index is 12.4. The molecule has 3 atom stereocenters. The predicted octanol–water partition coefficient (Wildman–Crippen LogP) is 2.83. The highest BCUT2D eigenvalue weighted by Gasteiger charge is 2.33. The van der Waals surface area contributed by atoms with Crippen molar-refractivity contribution in [3.8, 4) is 24.7 Å². The van der Waals surface area contributed by atoms with Crippen molar-refractivity contribution in [3.63, 3.8) is 0 Å². The Balaban J connectivity index is 4.92. The first kappa shape index (κ1) is 15.0. The van der Waals surface area contributed by atoms with Gasteiger partial charge in [-0.2, -0.15) is 0 Å². The van der Waals surface area contributed by atoms with Crippen LogP contribution in [0.2, 0.25) is 0 Å². The normalized spacial score (nSPS) is 19.6. The molecule has 0 aliphatic rings. The van der Waals surface area contributed by atoms with Gasteiger partial charge in [-0.05, 0) is 20.8 Å². The molecule has 0 aliphatic heterocycles. The summed E-state index contributed by atoms with van der Waals surface area (Å²) in [5, 5.41) is 0. The number of hydrogen-bond acceptors (Lipinski definition) is 3. The number of rotatable bonds is 6. The molecule has 0 aromatic carbocycles. The molecule has 16 heavy (non-hydrogen) atoms. The molecule has 4 heteroatoms. The zero-order valence-electron chi connectivity index (χ0n) is 9.84. The highest BCUT2D eigenvalue weighted by molar-refractivity contribution is 7.54. The maximum atomic E-state index is 12.4. The number of allylic oxidation sites excluding steroid dienone is 1. The second-order valence-corrected chi connectivity index (χ2v) is 5.66. The number of hydrogen-bond donors (Lipinski definition) is 0. The second-order valence-electron chi connectivity index (χ2n) is 3.34. The van der Waals surface area contributed by atoms with E-state index in [2.05, 4.69) is 18.4 Å². The minimum atomic E-state index is -3.36. The summed E-state index contributed by atoms with van der Waals surface area (Å²) in [4.78, 5) is 0. The van der Waals surface area contributed by atoms with Crippen molar-refractivity contribution in [2.45, 2.75) is 38.6 Å². The van der Waals surface area contributed by atoms with E-state index >= 15 is 0 Å². The monoisotopic (exact) mass is 240 g/mol. The molecule has 0 bridgehead atoms. The van der Waals surface area contributed by atoms with Crippen LogP contribution in [0.5, 0.6) is 0 Å². The van der Waals surface area contributed by atoms with Crippen LogP contribution in [-0.4, -0.2) is 17.9 Å². The van der Waals surface area contributed by atoms with Gasteiger partial charge in [-0.3, -0.25) is 13.6 Å². The molecule has 3 nitrogen and oxygen atoms in total. The summed E-state index contributed by atoms with van der Waals surface area (Å²) in [6.45, 7) is 8.47. The smallest absolute Gasteiger partial charge is 0.292 e. The van der Waals surface area contributed by atoms with Crippen molar-refractivity contribution < 1.29 is 13.6 Å². The summed E-state index contributed by atoms with van der Waals surface area (Å²) in [7, 11) is -3.36. The first-order chi connectivity index (χ1) is 7.39. The summed E-state index contributed by atoms with van der Waals surface area (Å²) in [6.07, 6.45) is 10.6. The zero-order chi connectivity index (χ0) is 12.8. The van der Waals surface area contributed by atoms with Crippen LogP contribution in [0, 0.1) is 24.7 Å². The van der Waals surface area contributed by atoms with Crippen LogP contribution >= 0.6 is 7.60 Å². The Morgan fingerprint density at radius 2 is 1.56 bits per heavy atom. The lowest BCUT2D eigenvalue weighted by Gasteiger charge is -2.25. The van der Waals surface area contributed by atoms with Crippen LogP contribution in [0.15, 0.2) is 12.7 Å². The van der Waals surface area contributed by atoms with Crippen LogP contribution in [0.4, 0.5) is 0 Å². The maximum Gasteiger partial charge on any atom is 0.339 e. The SMILES string of the molecule is C#CC(C)OP(=O)(OC(C)C#C)C(C)C=C. The van der Waals surface area contributed by atoms with Crippen molar-refractivity contribution in [3.05, 3.63) is 12.7 Å². The Hall–Kier alpha value is -0.990. The average Bonchev–Trinajstić information content (AvgIpc) is 2.27. The van der Waals surface area contributed by atoms with Crippen LogP contribution in [0.3, 0.4) is 0 Å². The Morgan fingerprint density at radius 1 is 1.19 bits per heavy atom. The first-order valence-electron chi connectivity index (χ1n) is 4.91. The third kappa shape index (κ3) is 4.25. The molecule has 0 N–H and O–H groups in total. The van der Waals surface area contributed by atoms with Gasteiger partial charge in [-0.15, -0.1) is 19.4 Å². The Kier molecular flexibility index (Phi) is 6.16. The topological polar surface area (TPSA) is 35.5 Å².